The van der Waals surface area contributed by atoms with Crippen molar-refractivity contribution in [3.05, 3.63) is 12.7 Å². The van der Waals surface area contributed by atoms with Crippen LogP contribution < -0.4 is 0 Å². The fraction of sp³-hybridized carbons (Fsp3) is 0.846. The van der Waals surface area contributed by atoms with Crippen LogP contribution in [-0.2, 0) is 9.47 Å². The van der Waals surface area contributed by atoms with E-state index in [9.17, 15) is 0 Å². The molecule has 0 unspecified atom stereocenters. The topological polar surface area (TPSA) is 18.5 Å². The molecule has 2 aliphatic rings. The van der Waals surface area contributed by atoms with E-state index in [2.05, 4.69) is 20.4 Å². The molecular weight excluding hydrogens is 188 g/mol. The molecule has 0 aliphatic carbocycles. The zero-order chi connectivity index (χ0) is 10.9. The van der Waals surface area contributed by atoms with Gasteiger partial charge in [-0.3, -0.25) is 0 Å². The van der Waals surface area contributed by atoms with E-state index < -0.39 is 0 Å². The largest absolute Gasteiger partial charge is 0.375 e. The molecule has 0 aromatic rings. The Bertz CT molecular complexity index is 251. The Morgan fingerprint density at radius 3 is 2.93 bits per heavy atom. The van der Waals surface area contributed by atoms with Crippen molar-refractivity contribution in [2.24, 2.45) is 0 Å². The van der Waals surface area contributed by atoms with Crippen molar-refractivity contribution in [1.82, 2.24) is 0 Å². The van der Waals surface area contributed by atoms with Crippen molar-refractivity contribution in [3.63, 3.8) is 0 Å². The van der Waals surface area contributed by atoms with Gasteiger partial charge in [0.25, 0.3) is 0 Å². The van der Waals surface area contributed by atoms with Crippen LogP contribution in [0.3, 0.4) is 0 Å². The molecule has 0 saturated carbocycles. The van der Waals surface area contributed by atoms with E-state index in [0.29, 0.717) is 6.10 Å². The third kappa shape index (κ3) is 2.11. The van der Waals surface area contributed by atoms with Crippen LogP contribution >= 0.6 is 0 Å². The maximum Gasteiger partial charge on any atom is 0.0923 e. The molecule has 0 bridgehead atoms. The molecule has 2 nitrogen and oxygen atoms in total. The Kier molecular flexibility index (Phi) is 2.91. The Morgan fingerprint density at radius 2 is 2.20 bits per heavy atom. The van der Waals surface area contributed by atoms with Crippen LogP contribution in [0.1, 0.15) is 46.0 Å². The summed E-state index contributed by atoms with van der Waals surface area (Å²) >= 11 is 0. The highest BCUT2D eigenvalue weighted by Crippen LogP contribution is 2.43. The van der Waals surface area contributed by atoms with Gasteiger partial charge < -0.3 is 9.47 Å². The van der Waals surface area contributed by atoms with Crippen molar-refractivity contribution in [2.45, 2.75) is 63.3 Å². The van der Waals surface area contributed by atoms with Crippen molar-refractivity contribution in [3.8, 4) is 0 Å². The van der Waals surface area contributed by atoms with Gasteiger partial charge in [-0.05, 0) is 46.0 Å². The van der Waals surface area contributed by atoms with E-state index in [0.717, 1.165) is 38.7 Å². The molecular formula is C13H22O2. The zero-order valence-corrected chi connectivity index (χ0v) is 9.92. The maximum atomic E-state index is 6.31. The lowest BCUT2D eigenvalue weighted by molar-refractivity contribution is -0.252. The molecule has 2 fully saturated rings. The third-order valence-electron chi connectivity index (χ3n) is 3.81. The van der Waals surface area contributed by atoms with Crippen LogP contribution in [0.2, 0.25) is 0 Å². The van der Waals surface area contributed by atoms with Gasteiger partial charge >= 0.3 is 0 Å². The molecule has 0 spiro atoms. The smallest absolute Gasteiger partial charge is 0.0923 e. The molecule has 2 aliphatic heterocycles. The molecule has 0 N–H and O–H groups in total. The van der Waals surface area contributed by atoms with Gasteiger partial charge in [0.05, 0.1) is 17.3 Å². The number of rotatable bonds is 2. The quantitative estimate of drug-likeness (QED) is 0.652. The van der Waals surface area contributed by atoms with Gasteiger partial charge in [-0.15, -0.1) is 6.58 Å². The lowest BCUT2D eigenvalue weighted by Crippen LogP contribution is -2.56. The van der Waals surface area contributed by atoms with Gasteiger partial charge in [0, 0.05) is 6.61 Å². The second-order valence-electron chi connectivity index (χ2n) is 5.36. The SMILES string of the molecule is C=CC[C@]1(C)CC[C@H]2OCCC[C@@]2(C)O1. The molecule has 0 aromatic carbocycles. The van der Waals surface area contributed by atoms with Crippen LogP contribution in [0.5, 0.6) is 0 Å². The predicted octanol–water partition coefficient (Wildman–Crippen LogP) is 3.07. The average Bonchev–Trinajstić information content (AvgIpc) is 2.16. The highest BCUT2D eigenvalue weighted by Gasteiger charge is 2.47. The van der Waals surface area contributed by atoms with Gasteiger partial charge in [0.2, 0.25) is 0 Å². The van der Waals surface area contributed by atoms with Crippen LogP contribution in [-0.4, -0.2) is 23.9 Å². The summed E-state index contributed by atoms with van der Waals surface area (Å²) in [5, 5.41) is 0. The van der Waals surface area contributed by atoms with Crippen molar-refractivity contribution in [2.75, 3.05) is 6.61 Å². The van der Waals surface area contributed by atoms with Gasteiger partial charge in [-0.1, -0.05) is 6.08 Å². The van der Waals surface area contributed by atoms with Crippen LogP contribution in [0.25, 0.3) is 0 Å². The predicted molar refractivity (Wildman–Crippen MR) is 60.9 cm³/mol. The van der Waals surface area contributed by atoms with Gasteiger partial charge in [0.15, 0.2) is 0 Å². The van der Waals surface area contributed by atoms with E-state index in [4.69, 9.17) is 9.47 Å². The molecule has 0 radical (unpaired) electrons. The molecule has 2 heteroatoms. The van der Waals surface area contributed by atoms with E-state index in [1.807, 2.05) is 6.08 Å². The molecule has 0 amide bonds. The maximum absolute atomic E-state index is 6.31. The number of hydrogen-bond acceptors (Lipinski definition) is 2. The number of hydrogen-bond donors (Lipinski definition) is 0. The van der Waals surface area contributed by atoms with Gasteiger partial charge in [0.1, 0.15) is 0 Å². The summed E-state index contributed by atoms with van der Waals surface area (Å²) in [7, 11) is 0. The molecule has 3 atom stereocenters. The Hall–Kier alpha value is -0.340. The fourth-order valence-electron chi connectivity index (χ4n) is 2.99. The van der Waals surface area contributed by atoms with Gasteiger partial charge in [-0.25, -0.2) is 0 Å². The first-order valence-electron chi connectivity index (χ1n) is 6.01. The van der Waals surface area contributed by atoms with E-state index >= 15 is 0 Å². The van der Waals surface area contributed by atoms with Crippen LogP contribution in [0.15, 0.2) is 12.7 Å². The molecule has 2 heterocycles. The van der Waals surface area contributed by atoms with Crippen molar-refractivity contribution >= 4 is 0 Å². The Balaban J connectivity index is 2.10. The highest BCUT2D eigenvalue weighted by molar-refractivity contribution is 4.99. The normalized spacial score (nSPS) is 45.9. The monoisotopic (exact) mass is 210 g/mol. The molecule has 15 heavy (non-hydrogen) atoms. The van der Waals surface area contributed by atoms with E-state index in [1.54, 1.807) is 0 Å². The first-order valence-corrected chi connectivity index (χ1v) is 6.01. The van der Waals surface area contributed by atoms with Gasteiger partial charge in [-0.2, -0.15) is 0 Å². The minimum atomic E-state index is -0.0613. The second-order valence-corrected chi connectivity index (χ2v) is 5.36. The van der Waals surface area contributed by atoms with E-state index in [1.165, 1.54) is 0 Å². The summed E-state index contributed by atoms with van der Waals surface area (Å²) in [4.78, 5) is 0. The number of fused-ring (bicyclic) bond motifs is 1. The minimum Gasteiger partial charge on any atom is -0.375 e. The summed E-state index contributed by atoms with van der Waals surface area (Å²) in [6.45, 7) is 9.12. The standard InChI is InChI=1S/C13H22O2/c1-4-7-12(2)9-6-11-13(3,15-12)8-5-10-14-11/h4,11H,1,5-10H2,2-3H3/t11-,12-,13-/m1/s1. The summed E-state index contributed by atoms with van der Waals surface area (Å²) in [5.41, 5.74) is -0.0814. The summed E-state index contributed by atoms with van der Waals surface area (Å²) in [6, 6.07) is 0. The first kappa shape index (κ1) is 11.2. The van der Waals surface area contributed by atoms with Crippen LogP contribution in [0.4, 0.5) is 0 Å². The summed E-state index contributed by atoms with van der Waals surface area (Å²) in [5.74, 6) is 0. The zero-order valence-electron chi connectivity index (χ0n) is 9.92. The summed E-state index contributed by atoms with van der Waals surface area (Å²) < 4.78 is 12.1. The molecule has 86 valence electrons. The lowest BCUT2D eigenvalue weighted by Gasteiger charge is -2.51. The second kappa shape index (κ2) is 3.91. The average molecular weight is 210 g/mol. The van der Waals surface area contributed by atoms with E-state index in [-0.39, 0.29) is 11.2 Å². The highest BCUT2D eigenvalue weighted by atomic mass is 16.6. The summed E-state index contributed by atoms with van der Waals surface area (Å²) in [6.07, 6.45) is 7.67. The van der Waals surface area contributed by atoms with Crippen molar-refractivity contribution in [1.29, 1.82) is 0 Å². The first-order chi connectivity index (χ1) is 7.08. The lowest BCUT2D eigenvalue weighted by atomic mass is 9.79. The fourth-order valence-corrected chi connectivity index (χ4v) is 2.99. The Labute approximate surface area is 92.6 Å². The van der Waals surface area contributed by atoms with Crippen LogP contribution in [0, 0.1) is 0 Å². The third-order valence-corrected chi connectivity index (χ3v) is 3.81. The molecule has 2 saturated heterocycles. The Morgan fingerprint density at radius 1 is 1.40 bits per heavy atom. The number of ether oxygens (including phenoxy) is 2. The molecule has 0 aromatic heterocycles. The minimum absolute atomic E-state index is 0.0201. The van der Waals surface area contributed by atoms with Crippen molar-refractivity contribution < 1.29 is 9.47 Å². The molecule has 2 rings (SSSR count).